The van der Waals surface area contributed by atoms with Crippen LogP contribution in [-0.4, -0.2) is 29.1 Å². The van der Waals surface area contributed by atoms with Gasteiger partial charge in [0, 0.05) is 13.0 Å². The molecule has 5 heteroatoms. The van der Waals surface area contributed by atoms with Crippen LogP contribution in [0.2, 0.25) is 0 Å². The van der Waals surface area contributed by atoms with Crippen molar-refractivity contribution in [3.05, 3.63) is 35.9 Å². The summed E-state index contributed by atoms with van der Waals surface area (Å²) in [6, 6.07) is 9.30. The summed E-state index contributed by atoms with van der Waals surface area (Å²) >= 11 is 0. The molecule has 0 aromatic heterocycles. The zero-order valence-electron chi connectivity index (χ0n) is 8.80. The van der Waals surface area contributed by atoms with Gasteiger partial charge in [0.1, 0.15) is 6.61 Å². The van der Waals surface area contributed by atoms with Crippen molar-refractivity contribution >= 4 is 6.09 Å². The number of benzene rings is 1. The predicted molar refractivity (Wildman–Crippen MR) is 57.5 cm³/mol. The Bertz CT molecular complexity index is 313. The maximum atomic E-state index is 11.1. The van der Waals surface area contributed by atoms with Crippen LogP contribution in [0.1, 0.15) is 12.0 Å². The summed E-state index contributed by atoms with van der Waals surface area (Å²) in [7, 11) is 0. The lowest BCUT2D eigenvalue weighted by molar-refractivity contribution is -0.0442. The standard InChI is InChI=1S/C11H15NO4/c13-10(14)6-7-12-11(15)16-8-9-4-2-1-3-5-9/h1-5,10,13-14H,6-8H2,(H,12,15). The zero-order valence-corrected chi connectivity index (χ0v) is 8.80. The van der Waals surface area contributed by atoms with Gasteiger partial charge in [-0.2, -0.15) is 0 Å². The Morgan fingerprint density at radius 1 is 1.31 bits per heavy atom. The Hall–Kier alpha value is -1.59. The van der Waals surface area contributed by atoms with Crippen LogP contribution < -0.4 is 5.32 Å². The molecule has 0 fully saturated rings. The van der Waals surface area contributed by atoms with Crippen molar-refractivity contribution in [2.45, 2.75) is 19.3 Å². The lowest BCUT2D eigenvalue weighted by Gasteiger charge is -2.07. The van der Waals surface area contributed by atoms with Crippen LogP contribution in [0.15, 0.2) is 30.3 Å². The lowest BCUT2D eigenvalue weighted by Crippen LogP contribution is -2.27. The van der Waals surface area contributed by atoms with Crippen LogP contribution >= 0.6 is 0 Å². The number of aliphatic hydroxyl groups is 2. The largest absolute Gasteiger partial charge is 0.445 e. The summed E-state index contributed by atoms with van der Waals surface area (Å²) in [5, 5.41) is 19.5. The number of amides is 1. The molecule has 16 heavy (non-hydrogen) atoms. The first-order valence-corrected chi connectivity index (χ1v) is 4.99. The number of carbonyl (C=O) groups is 1. The van der Waals surface area contributed by atoms with Gasteiger partial charge in [-0.3, -0.25) is 0 Å². The van der Waals surface area contributed by atoms with Crippen LogP contribution in [0.3, 0.4) is 0 Å². The number of carbonyl (C=O) groups excluding carboxylic acids is 1. The minimum atomic E-state index is -1.41. The fourth-order valence-electron chi connectivity index (χ4n) is 1.08. The van der Waals surface area contributed by atoms with Gasteiger partial charge in [-0.25, -0.2) is 4.79 Å². The van der Waals surface area contributed by atoms with Crippen molar-refractivity contribution in [1.82, 2.24) is 5.32 Å². The van der Waals surface area contributed by atoms with Crippen molar-refractivity contribution in [3.63, 3.8) is 0 Å². The summed E-state index contributed by atoms with van der Waals surface area (Å²) in [5.41, 5.74) is 0.903. The molecule has 1 amide bonds. The second-order valence-electron chi connectivity index (χ2n) is 3.26. The molecule has 0 saturated heterocycles. The number of aliphatic hydroxyl groups excluding tert-OH is 1. The van der Waals surface area contributed by atoms with Gasteiger partial charge in [0.2, 0.25) is 0 Å². The second kappa shape index (κ2) is 6.81. The summed E-state index contributed by atoms with van der Waals surface area (Å²) in [6.45, 7) is 0.375. The molecule has 3 N–H and O–H groups in total. The quantitative estimate of drug-likeness (QED) is 0.642. The topological polar surface area (TPSA) is 78.8 Å². The van der Waals surface area contributed by atoms with Gasteiger partial charge in [-0.05, 0) is 5.56 Å². The molecule has 1 aromatic carbocycles. The average Bonchev–Trinajstić information content (AvgIpc) is 2.27. The van der Waals surface area contributed by atoms with Crippen molar-refractivity contribution in [1.29, 1.82) is 0 Å². The molecule has 0 spiro atoms. The minimum absolute atomic E-state index is 0.0838. The molecular weight excluding hydrogens is 210 g/mol. The first-order valence-electron chi connectivity index (χ1n) is 4.99. The maximum absolute atomic E-state index is 11.1. The number of hydrogen-bond acceptors (Lipinski definition) is 4. The molecule has 1 aromatic rings. The maximum Gasteiger partial charge on any atom is 0.407 e. The molecule has 1 rings (SSSR count). The summed E-state index contributed by atoms with van der Waals surface area (Å²) in [5.74, 6) is 0. The summed E-state index contributed by atoms with van der Waals surface area (Å²) in [6.07, 6.45) is -1.89. The SMILES string of the molecule is O=C(NCCC(O)O)OCc1ccccc1. The third-order valence-electron chi connectivity index (χ3n) is 1.88. The van der Waals surface area contributed by atoms with E-state index in [1.54, 1.807) is 0 Å². The van der Waals surface area contributed by atoms with Crippen LogP contribution in [-0.2, 0) is 11.3 Å². The van der Waals surface area contributed by atoms with E-state index in [0.29, 0.717) is 0 Å². The van der Waals surface area contributed by atoms with Crippen molar-refractivity contribution in [2.24, 2.45) is 0 Å². The molecule has 5 nitrogen and oxygen atoms in total. The predicted octanol–water partition coefficient (Wildman–Crippen LogP) is 0.614. The molecule has 0 heterocycles. The average molecular weight is 225 g/mol. The van der Waals surface area contributed by atoms with E-state index in [0.717, 1.165) is 5.56 Å². The van der Waals surface area contributed by atoms with E-state index in [-0.39, 0.29) is 19.6 Å². The fraction of sp³-hybridized carbons (Fsp3) is 0.364. The molecular formula is C11H15NO4. The number of ether oxygens (including phenoxy) is 1. The van der Waals surface area contributed by atoms with Gasteiger partial charge in [0.05, 0.1) is 0 Å². The highest BCUT2D eigenvalue weighted by molar-refractivity contribution is 5.67. The van der Waals surface area contributed by atoms with Crippen LogP contribution in [0, 0.1) is 0 Å². The smallest absolute Gasteiger partial charge is 0.407 e. The molecule has 0 aliphatic carbocycles. The highest BCUT2D eigenvalue weighted by atomic mass is 16.5. The highest BCUT2D eigenvalue weighted by Crippen LogP contribution is 2.00. The van der Waals surface area contributed by atoms with E-state index in [1.165, 1.54) is 0 Å². The van der Waals surface area contributed by atoms with Crippen molar-refractivity contribution in [2.75, 3.05) is 6.54 Å². The Labute approximate surface area is 93.7 Å². The Morgan fingerprint density at radius 3 is 2.62 bits per heavy atom. The van der Waals surface area contributed by atoms with Crippen LogP contribution in [0.4, 0.5) is 4.79 Å². The Kier molecular flexibility index (Phi) is 5.31. The Morgan fingerprint density at radius 2 is 2.00 bits per heavy atom. The molecule has 0 unspecified atom stereocenters. The Balaban J connectivity index is 2.16. The monoisotopic (exact) mass is 225 g/mol. The van der Waals surface area contributed by atoms with Crippen LogP contribution in [0.5, 0.6) is 0 Å². The normalized spacial score (nSPS) is 10.2. The van der Waals surface area contributed by atoms with Crippen LogP contribution in [0.25, 0.3) is 0 Å². The van der Waals surface area contributed by atoms with E-state index < -0.39 is 12.4 Å². The second-order valence-corrected chi connectivity index (χ2v) is 3.26. The van der Waals surface area contributed by atoms with Crippen molar-refractivity contribution in [3.8, 4) is 0 Å². The van der Waals surface area contributed by atoms with Gasteiger partial charge in [-0.1, -0.05) is 30.3 Å². The number of hydrogen-bond donors (Lipinski definition) is 3. The third kappa shape index (κ3) is 5.33. The molecule has 0 atom stereocenters. The molecule has 0 saturated carbocycles. The number of nitrogens with one attached hydrogen (secondary N) is 1. The molecule has 0 aliphatic heterocycles. The first-order chi connectivity index (χ1) is 7.68. The summed E-state index contributed by atoms with van der Waals surface area (Å²) < 4.78 is 4.90. The van der Waals surface area contributed by atoms with E-state index >= 15 is 0 Å². The van der Waals surface area contributed by atoms with Crippen molar-refractivity contribution < 1.29 is 19.7 Å². The van der Waals surface area contributed by atoms with E-state index in [2.05, 4.69) is 5.32 Å². The van der Waals surface area contributed by atoms with E-state index in [9.17, 15) is 4.79 Å². The molecule has 0 aliphatic rings. The number of rotatable bonds is 5. The highest BCUT2D eigenvalue weighted by Gasteiger charge is 2.03. The van der Waals surface area contributed by atoms with Gasteiger partial charge in [0.25, 0.3) is 0 Å². The zero-order chi connectivity index (χ0) is 11.8. The number of alkyl carbamates (subject to hydrolysis) is 1. The molecule has 0 bridgehead atoms. The third-order valence-corrected chi connectivity index (χ3v) is 1.88. The van der Waals surface area contributed by atoms with Gasteiger partial charge >= 0.3 is 6.09 Å². The van der Waals surface area contributed by atoms with Gasteiger partial charge in [-0.15, -0.1) is 0 Å². The van der Waals surface area contributed by atoms with Gasteiger partial charge < -0.3 is 20.3 Å². The van der Waals surface area contributed by atoms with E-state index in [1.807, 2.05) is 30.3 Å². The van der Waals surface area contributed by atoms with Gasteiger partial charge in [0.15, 0.2) is 6.29 Å². The lowest BCUT2D eigenvalue weighted by atomic mass is 10.2. The summed E-state index contributed by atoms with van der Waals surface area (Å²) in [4.78, 5) is 11.1. The van der Waals surface area contributed by atoms with E-state index in [4.69, 9.17) is 14.9 Å². The minimum Gasteiger partial charge on any atom is -0.445 e. The fourth-order valence-corrected chi connectivity index (χ4v) is 1.08. The first kappa shape index (κ1) is 12.5. The molecule has 88 valence electrons. The molecule has 0 radical (unpaired) electrons.